The van der Waals surface area contributed by atoms with Gasteiger partial charge in [-0.2, -0.15) is 0 Å². The molecule has 1 aromatic heterocycles. The number of methoxy groups -OCH3 is 1. The van der Waals surface area contributed by atoms with Crippen LogP contribution in [0.1, 0.15) is 38.1 Å². The lowest BCUT2D eigenvalue weighted by Gasteiger charge is -2.32. The minimum Gasteiger partial charge on any atom is -0.465 e. The number of carbonyl (C=O) groups excluding carboxylic acids is 1. The van der Waals surface area contributed by atoms with E-state index in [4.69, 9.17) is 14.0 Å². The van der Waals surface area contributed by atoms with Crippen molar-refractivity contribution in [3.63, 3.8) is 0 Å². The van der Waals surface area contributed by atoms with Gasteiger partial charge in [-0.3, -0.25) is 0 Å². The molecule has 0 atom stereocenters. The summed E-state index contributed by atoms with van der Waals surface area (Å²) in [6, 6.07) is 5.45. The Morgan fingerprint density at radius 3 is 2.42 bits per heavy atom. The highest BCUT2D eigenvalue weighted by molar-refractivity contribution is 6.62. The standard InChI is InChI=1S/C17H21BN2O4/c1-16(2)17(3,4)24-18(23-16)11-6-7-12(14-19-8-9-20-14)13(10-11)15(21)22-5/h6-10H,1-5H3,(H,19,20). The molecule has 7 heteroatoms. The Bertz CT molecular complexity index is 740. The highest BCUT2D eigenvalue weighted by Gasteiger charge is 2.51. The summed E-state index contributed by atoms with van der Waals surface area (Å²) in [7, 11) is 0.819. The van der Waals surface area contributed by atoms with Crippen molar-refractivity contribution in [2.75, 3.05) is 7.11 Å². The van der Waals surface area contributed by atoms with E-state index in [1.165, 1.54) is 7.11 Å². The predicted octanol–water partition coefficient (Wildman–Crippen LogP) is 2.16. The molecule has 0 spiro atoms. The molecule has 1 fully saturated rings. The van der Waals surface area contributed by atoms with Crippen molar-refractivity contribution in [3.8, 4) is 11.4 Å². The maximum Gasteiger partial charge on any atom is 0.494 e. The molecule has 0 unspecified atom stereocenters. The first kappa shape index (κ1) is 16.7. The number of nitrogens with zero attached hydrogens (tertiary/aromatic N) is 1. The zero-order valence-corrected chi connectivity index (χ0v) is 14.5. The van der Waals surface area contributed by atoms with Gasteiger partial charge in [0.2, 0.25) is 0 Å². The van der Waals surface area contributed by atoms with E-state index >= 15 is 0 Å². The molecule has 0 aliphatic carbocycles. The Morgan fingerprint density at radius 1 is 1.21 bits per heavy atom. The van der Waals surface area contributed by atoms with E-state index in [0.29, 0.717) is 17.0 Å². The molecule has 1 aliphatic heterocycles. The van der Waals surface area contributed by atoms with Crippen LogP contribution < -0.4 is 5.46 Å². The Balaban J connectivity index is 2.01. The van der Waals surface area contributed by atoms with Crippen LogP contribution in [0.2, 0.25) is 0 Å². The summed E-state index contributed by atoms with van der Waals surface area (Å²) >= 11 is 0. The van der Waals surface area contributed by atoms with Crippen LogP contribution in [-0.2, 0) is 14.0 Å². The van der Waals surface area contributed by atoms with Crippen molar-refractivity contribution in [3.05, 3.63) is 36.2 Å². The van der Waals surface area contributed by atoms with E-state index in [-0.39, 0.29) is 0 Å². The van der Waals surface area contributed by atoms with E-state index in [0.717, 1.165) is 5.46 Å². The summed E-state index contributed by atoms with van der Waals surface area (Å²) in [6.07, 6.45) is 3.34. The number of H-pyrrole nitrogens is 1. The number of hydrogen-bond acceptors (Lipinski definition) is 5. The van der Waals surface area contributed by atoms with E-state index < -0.39 is 24.3 Å². The summed E-state index contributed by atoms with van der Waals surface area (Å²) < 4.78 is 17.0. The Kier molecular flexibility index (Phi) is 4.01. The summed E-state index contributed by atoms with van der Waals surface area (Å²) in [5.41, 5.74) is 0.974. The highest BCUT2D eigenvalue weighted by atomic mass is 16.7. The monoisotopic (exact) mass is 328 g/mol. The first-order valence-corrected chi connectivity index (χ1v) is 7.83. The van der Waals surface area contributed by atoms with Crippen molar-refractivity contribution in [2.24, 2.45) is 0 Å². The van der Waals surface area contributed by atoms with Gasteiger partial charge in [0.1, 0.15) is 5.82 Å². The predicted molar refractivity (Wildman–Crippen MR) is 91.1 cm³/mol. The van der Waals surface area contributed by atoms with Crippen LogP contribution in [-0.4, -0.2) is 41.4 Å². The number of benzene rings is 1. The molecule has 0 saturated carbocycles. The van der Waals surface area contributed by atoms with Crippen LogP contribution in [0.5, 0.6) is 0 Å². The Hall–Kier alpha value is -2.12. The molecule has 1 N–H and O–H groups in total. The molecular formula is C17H21BN2O4. The first-order chi connectivity index (χ1) is 11.2. The van der Waals surface area contributed by atoms with Crippen molar-refractivity contribution in [2.45, 2.75) is 38.9 Å². The molecule has 0 radical (unpaired) electrons. The Morgan fingerprint density at radius 2 is 1.88 bits per heavy atom. The number of imidazole rings is 1. The highest BCUT2D eigenvalue weighted by Crippen LogP contribution is 2.36. The SMILES string of the molecule is COC(=O)c1cc(B2OC(C)(C)C(C)(C)O2)ccc1-c1ncc[nH]1. The molecule has 1 saturated heterocycles. The topological polar surface area (TPSA) is 73.4 Å². The van der Waals surface area contributed by atoms with Gasteiger partial charge in [-0.05, 0) is 39.2 Å². The van der Waals surface area contributed by atoms with Crippen LogP contribution in [0.15, 0.2) is 30.6 Å². The van der Waals surface area contributed by atoms with Crippen LogP contribution in [0, 0.1) is 0 Å². The maximum atomic E-state index is 12.2. The summed E-state index contributed by atoms with van der Waals surface area (Å²) in [4.78, 5) is 19.4. The van der Waals surface area contributed by atoms with Gasteiger partial charge in [0.15, 0.2) is 0 Å². The molecule has 3 rings (SSSR count). The fraction of sp³-hybridized carbons (Fsp3) is 0.412. The zero-order valence-electron chi connectivity index (χ0n) is 14.5. The molecule has 2 aromatic rings. The number of aromatic amines is 1. The summed E-state index contributed by atoms with van der Waals surface area (Å²) in [5.74, 6) is 0.177. The van der Waals surface area contributed by atoms with Gasteiger partial charge < -0.3 is 19.0 Å². The third-order valence-corrected chi connectivity index (χ3v) is 4.73. The smallest absolute Gasteiger partial charge is 0.465 e. The van der Waals surface area contributed by atoms with Gasteiger partial charge in [-0.1, -0.05) is 12.1 Å². The quantitative estimate of drug-likeness (QED) is 0.690. The number of carbonyl (C=O) groups is 1. The van der Waals surface area contributed by atoms with Crippen LogP contribution in [0.3, 0.4) is 0 Å². The van der Waals surface area contributed by atoms with Crippen molar-refractivity contribution in [1.29, 1.82) is 0 Å². The average Bonchev–Trinajstić information content (AvgIpc) is 3.13. The molecular weight excluding hydrogens is 307 g/mol. The largest absolute Gasteiger partial charge is 0.494 e. The van der Waals surface area contributed by atoms with Crippen molar-refractivity contribution >= 4 is 18.6 Å². The zero-order chi connectivity index (χ0) is 17.5. The lowest BCUT2D eigenvalue weighted by Crippen LogP contribution is -2.41. The fourth-order valence-corrected chi connectivity index (χ4v) is 2.59. The van der Waals surface area contributed by atoms with E-state index in [1.54, 1.807) is 18.5 Å². The molecule has 2 heterocycles. The number of rotatable bonds is 3. The number of esters is 1. The number of aromatic nitrogens is 2. The molecule has 1 aliphatic rings. The van der Waals surface area contributed by atoms with Crippen molar-refractivity contribution < 1.29 is 18.8 Å². The molecule has 126 valence electrons. The van der Waals surface area contributed by atoms with Crippen LogP contribution >= 0.6 is 0 Å². The maximum absolute atomic E-state index is 12.2. The lowest BCUT2D eigenvalue weighted by atomic mass is 9.77. The van der Waals surface area contributed by atoms with E-state index in [9.17, 15) is 4.79 Å². The van der Waals surface area contributed by atoms with Gasteiger partial charge in [-0.15, -0.1) is 0 Å². The second-order valence-corrected chi connectivity index (χ2v) is 6.82. The third-order valence-electron chi connectivity index (χ3n) is 4.73. The number of ether oxygens (including phenoxy) is 1. The Labute approximate surface area is 141 Å². The normalized spacial score (nSPS) is 18.6. The summed E-state index contributed by atoms with van der Waals surface area (Å²) in [6.45, 7) is 7.97. The molecule has 1 aromatic carbocycles. The molecule has 0 amide bonds. The number of hydrogen-bond donors (Lipinski definition) is 1. The van der Waals surface area contributed by atoms with Gasteiger partial charge >= 0.3 is 13.1 Å². The van der Waals surface area contributed by atoms with Crippen LogP contribution in [0.25, 0.3) is 11.4 Å². The van der Waals surface area contributed by atoms with Crippen LogP contribution in [0.4, 0.5) is 0 Å². The lowest BCUT2D eigenvalue weighted by molar-refractivity contribution is 0.00578. The van der Waals surface area contributed by atoms with Gasteiger partial charge in [0.25, 0.3) is 0 Å². The second-order valence-electron chi connectivity index (χ2n) is 6.82. The second kappa shape index (κ2) is 5.75. The molecule has 6 nitrogen and oxygen atoms in total. The van der Waals surface area contributed by atoms with Gasteiger partial charge in [-0.25, -0.2) is 9.78 Å². The first-order valence-electron chi connectivity index (χ1n) is 7.83. The third kappa shape index (κ3) is 2.74. The average molecular weight is 328 g/mol. The molecule has 0 bridgehead atoms. The summed E-state index contributed by atoms with van der Waals surface area (Å²) in [5, 5.41) is 0. The fourth-order valence-electron chi connectivity index (χ4n) is 2.59. The minimum absolute atomic E-state index is 0.416. The van der Waals surface area contributed by atoms with E-state index in [2.05, 4.69) is 9.97 Å². The molecule has 24 heavy (non-hydrogen) atoms. The van der Waals surface area contributed by atoms with Gasteiger partial charge in [0.05, 0.1) is 23.9 Å². The van der Waals surface area contributed by atoms with E-state index in [1.807, 2.05) is 39.8 Å². The van der Waals surface area contributed by atoms with Gasteiger partial charge in [0, 0.05) is 18.0 Å². The number of nitrogens with one attached hydrogen (secondary N) is 1. The van der Waals surface area contributed by atoms with Crippen molar-refractivity contribution in [1.82, 2.24) is 9.97 Å². The minimum atomic E-state index is -0.538.